The fraction of sp³-hybridized carbons (Fsp3) is 0.778. The van der Waals surface area contributed by atoms with Crippen LogP contribution in [0.4, 0.5) is 0 Å². The van der Waals surface area contributed by atoms with Crippen LogP contribution < -0.4 is 0 Å². The first-order valence-corrected chi connectivity index (χ1v) is 8.65. The summed E-state index contributed by atoms with van der Waals surface area (Å²) in [6.45, 7) is 3.75. The molecule has 3 atom stereocenters. The van der Waals surface area contributed by atoms with Crippen LogP contribution in [0.5, 0.6) is 0 Å². The van der Waals surface area contributed by atoms with E-state index in [0.29, 0.717) is 5.92 Å². The Morgan fingerprint density at radius 2 is 1.86 bits per heavy atom. The molecule has 0 spiro atoms. The van der Waals surface area contributed by atoms with Crippen LogP contribution in [-0.2, 0) is 14.3 Å². The van der Waals surface area contributed by atoms with Gasteiger partial charge in [0.15, 0.2) is 0 Å². The van der Waals surface area contributed by atoms with Gasteiger partial charge in [-0.25, -0.2) is 0 Å². The number of hydrogen-bond acceptors (Lipinski definition) is 3. The van der Waals surface area contributed by atoms with E-state index < -0.39 is 11.9 Å². The molecule has 0 aliphatic heterocycles. The third-order valence-corrected chi connectivity index (χ3v) is 5.26. The number of carboxylic acid groups (broad SMARTS) is 1. The zero-order valence-corrected chi connectivity index (χ0v) is 13.3. The highest BCUT2D eigenvalue weighted by Crippen LogP contribution is 2.34. The Hall–Kier alpha value is -1.32. The van der Waals surface area contributed by atoms with Crippen LogP contribution in [0.15, 0.2) is 12.7 Å². The van der Waals surface area contributed by atoms with Gasteiger partial charge < -0.3 is 9.84 Å². The van der Waals surface area contributed by atoms with Crippen molar-refractivity contribution in [3.05, 3.63) is 12.7 Å². The van der Waals surface area contributed by atoms with Gasteiger partial charge in [0.2, 0.25) is 0 Å². The van der Waals surface area contributed by atoms with E-state index in [9.17, 15) is 14.7 Å². The van der Waals surface area contributed by atoms with Crippen molar-refractivity contribution in [2.45, 2.75) is 70.3 Å². The fourth-order valence-corrected chi connectivity index (χ4v) is 4.03. The first-order valence-electron chi connectivity index (χ1n) is 8.65. The molecule has 2 aliphatic carbocycles. The normalized spacial score (nSPS) is 27.3. The molecule has 0 saturated heterocycles. The highest BCUT2D eigenvalue weighted by Gasteiger charge is 2.34. The van der Waals surface area contributed by atoms with Gasteiger partial charge in [0, 0.05) is 0 Å². The number of esters is 1. The number of rotatable bonds is 7. The maximum Gasteiger partial charge on any atom is 0.307 e. The van der Waals surface area contributed by atoms with Gasteiger partial charge in [-0.15, -0.1) is 6.58 Å². The second-order valence-corrected chi connectivity index (χ2v) is 6.79. The molecule has 2 rings (SSSR count). The lowest BCUT2D eigenvalue weighted by Crippen LogP contribution is -2.30. The quantitative estimate of drug-likeness (QED) is 0.571. The van der Waals surface area contributed by atoms with Crippen molar-refractivity contribution in [2.24, 2.45) is 17.8 Å². The maximum atomic E-state index is 12.2. The van der Waals surface area contributed by atoms with Crippen molar-refractivity contribution < 1.29 is 19.4 Å². The summed E-state index contributed by atoms with van der Waals surface area (Å²) in [7, 11) is 0. The minimum Gasteiger partial charge on any atom is -0.481 e. The van der Waals surface area contributed by atoms with E-state index in [-0.39, 0.29) is 24.4 Å². The fourth-order valence-electron chi connectivity index (χ4n) is 4.03. The molecule has 4 heteroatoms. The number of allylic oxidation sites excluding steroid dienone is 1. The smallest absolute Gasteiger partial charge is 0.307 e. The average molecular weight is 308 g/mol. The van der Waals surface area contributed by atoms with Crippen molar-refractivity contribution in [2.75, 3.05) is 0 Å². The summed E-state index contributed by atoms with van der Waals surface area (Å²) in [5, 5.41) is 9.45. The Morgan fingerprint density at radius 1 is 1.14 bits per heavy atom. The van der Waals surface area contributed by atoms with Crippen LogP contribution in [-0.4, -0.2) is 23.1 Å². The molecule has 0 aromatic rings. The van der Waals surface area contributed by atoms with Gasteiger partial charge in [-0.2, -0.15) is 0 Å². The molecule has 22 heavy (non-hydrogen) atoms. The average Bonchev–Trinajstić information content (AvgIpc) is 2.93. The van der Waals surface area contributed by atoms with Gasteiger partial charge in [-0.1, -0.05) is 25.3 Å². The van der Waals surface area contributed by atoms with Crippen LogP contribution in [0, 0.1) is 17.8 Å². The summed E-state index contributed by atoms with van der Waals surface area (Å²) in [6, 6.07) is 0. The molecule has 0 unspecified atom stereocenters. The second kappa shape index (κ2) is 8.35. The zero-order valence-electron chi connectivity index (χ0n) is 13.3. The van der Waals surface area contributed by atoms with Crippen molar-refractivity contribution in [1.29, 1.82) is 0 Å². The molecule has 0 aromatic heterocycles. The van der Waals surface area contributed by atoms with Gasteiger partial charge in [0.25, 0.3) is 0 Å². The lowest BCUT2D eigenvalue weighted by atomic mass is 9.78. The Balaban J connectivity index is 1.87. The molecule has 2 fully saturated rings. The third kappa shape index (κ3) is 4.59. The molecular formula is C18H28O4. The van der Waals surface area contributed by atoms with E-state index in [1.54, 1.807) is 0 Å². The van der Waals surface area contributed by atoms with Crippen molar-refractivity contribution >= 4 is 11.9 Å². The largest absolute Gasteiger partial charge is 0.481 e. The molecular weight excluding hydrogens is 280 g/mol. The molecule has 1 N–H and O–H groups in total. The Labute approximate surface area is 132 Å². The summed E-state index contributed by atoms with van der Waals surface area (Å²) in [6.07, 6.45) is 10.9. The molecule has 0 radical (unpaired) electrons. The SMILES string of the molecule is C=CC[C@@H]1CCC[C@H]1OC(=O)C[C@H](C(=O)O)C1CCCCC1. The number of carbonyl (C=O) groups excluding carboxylic acids is 1. The van der Waals surface area contributed by atoms with Gasteiger partial charge in [0.1, 0.15) is 6.10 Å². The second-order valence-electron chi connectivity index (χ2n) is 6.79. The van der Waals surface area contributed by atoms with Crippen molar-refractivity contribution in [3.63, 3.8) is 0 Å². The molecule has 0 aromatic carbocycles. The number of carbonyl (C=O) groups is 2. The number of aliphatic carboxylic acids is 1. The minimum absolute atomic E-state index is 0.0251. The van der Waals surface area contributed by atoms with Crippen LogP contribution >= 0.6 is 0 Å². The van der Waals surface area contributed by atoms with Crippen molar-refractivity contribution in [3.8, 4) is 0 Å². The summed E-state index contributed by atoms with van der Waals surface area (Å²) in [5.74, 6) is -1.27. The molecule has 0 heterocycles. The summed E-state index contributed by atoms with van der Waals surface area (Å²) >= 11 is 0. The highest BCUT2D eigenvalue weighted by molar-refractivity contribution is 5.79. The Bertz CT molecular complexity index is 398. The lowest BCUT2D eigenvalue weighted by Gasteiger charge is -2.27. The van der Waals surface area contributed by atoms with Crippen LogP contribution in [0.25, 0.3) is 0 Å². The van der Waals surface area contributed by atoms with Crippen LogP contribution in [0.1, 0.15) is 64.2 Å². The molecule has 124 valence electrons. The predicted molar refractivity (Wildman–Crippen MR) is 84.4 cm³/mol. The predicted octanol–water partition coefficient (Wildman–Crippen LogP) is 3.95. The van der Waals surface area contributed by atoms with E-state index in [2.05, 4.69) is 6.58 Å². The Kier molecular flexibility index (Phi) is 6.47. The number of hydrogen-bond donors (Lipinski definition) is 1. The molecule has 0 bridgehead atoms. The van der Waals surface area contributed by atoms with E-state index in [0.717, 1.165) is 51.4 Å². The third-order valence-electron chi connectivity index (χ3n) is 5.26. The van der Waals surface area contributed by atoms with E-state index in [1.165, 1.54) is 6.42 Å². The first-order chi connectivity index (χ1) is 10.6. The Morgan fingerprint density at radius 3 is 2.50 bits per heavy atom. The number of carboxylic acids is 1. The topological polar surface area (TPSA) is 63.6 Å². The highest BCUT2D eigenvalue weighted by atomic mass is 16.5. The maximum absolute atomic E-state index is 12.2. The number of ether oxygens (including phenoxy) is 1. The van der Waals surface area contributed by atoms with Crippen molar-refractivity contribution in [1.82, 2.24) is 0 Å². The summed E-state index contributed by atoms with van der Waals surface area (Å²) in [5.41, 5.74) is 0. The van der Waals surface area contributed by atoms with E-state index >= 15 is 0 Å². The van der Waals surface area contributed by atoms with Gasteiger partial charge in [0.05, 0.1) is 12.3 Å². The first kappa shape index (κ1) is 17.0. The van der Waals surface area contributed by atoms with Gasteiger partial charge in [-0.3, -0.25) is 9.59 Å². The van der Waals surface area contributed by atoms with E-state index in [1.807, 2.05) is 6.08 Å². The van der Waals surface area contributed by atoms with Crippen LogP contribution in [0.2, 0.25) is 0 Å². The van der Waals surface area contributed by atoms with Crippen LogP contribution in [0.3, 0.4) is 0 Å². The molecule has 2 aliphatic rings. The standard InChI is InChI=1S/C18H28O4/c1-2-7-14-10-6-11-16(14)22-17(19)12-15(18(20)21)13-8-4-3-5-9-13/h2,13-16H,1,3-12H2,(H,20,21)/t14-,15+,16-/m1/s1. The molecule has 4 nitrogen and oxygen atoms in total. The monoisotopic (exact) mass is 308 g/mol. The summed E-state index contributed by atoms with van der Waals surface area (Å²) in [4.78, 5) is 23.7. The molecule has 0 amide bonds. The van der Waals surface area contributed by atoms with Gasteiger partial charge in [-0.05, 0) is 50.4 Å². The van der Waals surface area contributed by atoms with E-state index in [4.69, 9.17) is 4.74 Å². The van der Waals surface area contributed by atoms with Gasteiger partial charge >= 0.3 is 11.9 Å². The minimum atomic E-state index is -0.849. The molecule has 2 saturated carbocycles. The zero-order chi connectivity index (χ0) is 15.9. The lowest BCUT2D eigenvalue weighted by molar-refractivity contribution is -0.158. The summed E-state index contributed by atoms with van der Waals surface area (Å²) < 4.78 is 5.60.